The SMILES string of the molecule is COCC(O)COc1cc(C)ccc1C(C)(C)C. The molecule has 0 aliphatic carbocycles. The van der Waals surface area contributed by atoms with Gasteiger partial charge < -0.3 is 14.6 Å². The van der Waals surface area contributed by atoms with E-state index >= 15 is 0 Å². The van der Waals surface area contributed by atoms with E-state index in [2.05, 4.69) is 32.9 Å². The van der Waals surface area contributed by atoms with Crippen LogP contribution < -0.4 is 4.74 Å². The van der Waals surface area contributed by atoms with Crippen LogP contribution in [0.4, 0.5) is 0 Å². The fourth-order valence-electron chi connectivity index (χ4n) is 1.80. The minimum atomic E-state index is -0.594. The molecular formula is C15H24O3. The summed E-state index contributed by atoms with van der Waals surface area (Å²) in [5.74, 6) is 0.845. The number of methoxy groups -OCH3 is 1. The number of benzene rings is 1. The summed E-state index contributed by atoms with van der Waals surface area (Å²) in [5, 5.41) is 9.62. The first-order valence-electron chi connectivity index (χ1n) is 6.25. The molecule has 0 fully saturated rings. The predicted octanol–water partition coefficient (Wildman–Crippen LogP) is 2.68. The maximum atomic E-state index is 9.62. The molecule has 102 valence electrons. The zero-order valence-electron chi connectivity index (χ0n) is 12.0. The van der Waals surface area contributed by atoms with Crippen molar-refractivity contribution < 1.29 is 14.6 Å². The summed E-state index contributed by atoms with van der Waals surface area (Å²) < 4.78 is 10.6. The van der Waals surface area contributed by atoms with Gasteiger partial charge in [-0.2, -0.15) is 0 Å². The van der Waals surface area contributed by atoms with E-state index in [9.17, 15) is 5.11 Å². The molecule has 1 aromatic carbocycles. The minimum Gasteiger partial charge on any atom is -0.490 e. The van der Waals surface area contributed by atoms with Crippen molar-refractivity contribution in [3.05, 3.63) is 29.3 Å². The predicted molar refractivity (Wildman–Crippen MR) is 73.3 cm³/mol. The molecule has 1 unspecified atom stereocenters. The second-order valence-electron chi connectivity index (χ2n) is 5.67. The van der Waals surface area contributed by atoms with Crippen molar-refractivity contribution in [1.82, 2.24) is 0 Å². The van der Waals surface area contributed by atoms with Gasteiger partial charge in [-0.1, -0.05) is 32.9 Å². The van der Waals surface area contributed by atoms with Gasteiger partial charge in [-0.25, -0.2) is 0 Å². The van der Waals surface area contributed by atoms with Crippen LogP contribution in [0.5, 0.6) is 5.75 Å². The van der Waals surface area contributed by atoms with Crippen molar-refractivity contribution in [3.8, 4) is 5.75 Å². The Morgan fingerprint density at radius 1 is 1.22 bits per heavy atom. The number of ether oxygens (including phenoxy) is 2. The van der Waals surface area contributed by atoms with Crippen LogP contribution in [0.1, 0.15) is 31.9 Å². The van der Waals surface area contributed by atoms with E-state index in [4.69, 9.17) is 9.47 Å². The maximum Gasteiger partial charge on any atom is 0.123 e. The van der Waals surface area contributed by atoms with Gasteiger partial charge in [0.05, 0.1) is 6.61 Å². The molecule has 0 radical (unpaired) electrons. The van der Waals surface area contributed by atoms with E-state index in [1.807, 2.05) is 13.0 Å². The Kier molecular flexibility index (Phi) is 5.17. The Bertz CT molecular complexity index is 380. The van der Waals surface area contributed by atoms with Crippen LogP contribution in [0.15, 0.2) is 18.2 Å². The molecule has 1 N–H and O–H groups in total. The number of hydrogen-bond donors (Lipinski definition) is 1. The van der Waals surface area contributed by atoms with Gasteiger partial charge in [0.15, 0.2) is 0 Å². The standard InChI is InChI=1S/C15H24O3/c1-11-6-7-13(15(2,3)4)14(8-11)18-10-12(16)9-17-5/h6-8,12,16H,9-10H2,1-5H3. The van der Waals surface area contributed by atoms with Crippen LogP contribution in [0.3, 0.4) is 0 Å². The van der Waals surface area contributed by atoms with Gasteiger partial charge in [0.2, 0.25) is 0 Å². The highest BCUT2D eigenvalue weighted by atomic mass is 16.5. The Hall–Kier alpha value is -1.06. The molecule has 0 heterocycles. The maximum absolute atomic E-state index is 9.62. The van der Waals surface area contributed by atoms with Gasteiger partial charge in [0.25, 0.3) is 0 Å². The lowest BCUT2D eigenvalue weighted by Crippen LogP contribution is -2.24. The minimum absolute atomic E-state index is 0.0231. The van der Waals surface area contributed by atoms with Crippen LogP contribution in [0, 0.1) is 6.92 Å². The highest BCUT2D eigenvalue weighted by Crippen LogP contribution is 2.32. The molecule has 3 nitrogen and oxygen atoms in total. The van der Waals surface area contributed by atoms with Gasteiger partial charge in [-0.3, -0.25) is 0 Å². The summed E-state index contributed by atoms with van der Waals surface area (Å²) in [5.41, 5.74) is 2.33. The van der Waals surface area contributed by atoms with E-state index in [1.54, 1.807) is 7.11 Å². The first-order chi connectivity index (χ1) is 8.34. The summed E-state index contributed by atoms with van der Waals surface area (Å²) >= 11 is 0. The molecule has 3 heteroatoms. The lowest BCUT2D eigenvalue weighted by Gasteiger charge is -2.24. The van der Waals surface area contributed by atoms with Crippen molar-refractivity contribution in [3.63, 3.8) is 0 Å². The molecule has 0 saturated carbocycles. The summed E-state index contributed by atoms with van der Waals surface area (Å²) in [6, 6.07) is 6.19. The quantitative estimate of drug-likeness (QED) is 0.875. The smallest absolute Gasteiger partial charge is 0.123 e. The first kappa shape index (κ1) is 15.0. The van der Waals surface area contributed by atoms with Crippen LogP contribution in [-0.2, 0) is 10.2 Å². The molecule has 1 rings (SSSR count). The Labute approximate surface area is 110 Å². The van der Waals surface area contributed by atoms with Crippen molar-refractivity contribution in [2.75, 3.05) is 20.3 Å². The highest BCUT2D eigenvalue weighted by Gasteiger charge is 2.19. The van der Waals surface area contributed by atoms with Crippen molar-refractivity contribution in [2.24, 2.45) is 0 Å². The normalized spacial score (nSPS) is 13.4. The second-order valence-corrected chi connectivity index (χ2v) is 5.67. The third-order valence-corrected chi connectivity index (χ3v) is 2.74. The van der Waals surface area contributed by atoms with E-state index in [-0.39, 0.29) is 18.6 Å². The van der Waals surface area contributed by atoms with Crippen LogP contribution >= 0.6 is 0 Å². The van der Waals surface area contributed by atoms with Crippen molar-refractivity contribution in [2.45, 2.75) is 39.2 Å². The monoisotopic (exact) mass is 252 g/mol. The fourth-order valence-corrected chi connectivity index (χ4v) is 1.80. The third-order valence-electron chi connectivity index (χ3n) is 2.74. The number of aryl methyl sites for hydroxylation is 1. The average molecular weight is 252 g/mol. The summed E-state index contributed by atoms with van der Waals surface area (Å²) in [4.78, 5) is 0. The zero-order chi connectivity index (χ0) is 13.8. The third kappa shape index (κ3) is 4.31. The second kappa shape index (κ2) is 6.21. The molecular weight excluding hydrogens is 228 g/mol. The van der Waals surface area contributed by atoms with Gasteiger partial charge in [-0.15, -0.1) is 0 Å². The van der Waals surface area contributed by atoms with E-state index in [0.717, 1.165) is 16.9 Å². The van der Waals surface area contributed by atoms with Gasteiger partial charge in [-0.05, 0) is 29.5 Å². The van der Waals surface area contributed by atoms with Gasteiger partial charge >= 0.3 is 0 Å². The molecule has 0 spiro atoms. The molecule has 18 heavy (non-hydrogen) atoms. The molecule has 0 bridgehead atoms. The number of hydrogen-bond acceptors (Lipinski definition) is 3. The van der Waals surface area contributed by atoms with Crippen molar-refractivity contribution >= 4 is 0 Å². The Morgan fingerprint density at radius 2 is 1.89 bits per heavy atom. The summed E-state index contributed by atoms with van der Waals surface area (Å²) in [7, 11) is 1.57. The Balaban J connectivity index is 2.83. The Morgan fingerprint density at radius 3 is 2.44 bits per heavy atom. The molecule has 0 amide bonds. The molecule has 1 atom stereocenters. The fraction of sp³-hybridized carbons (Fsp3) is 0.600. The van der Waals surface area contributed by atoms with Crippen molar-refractivity contribution in [1.29, 1.82) is 0 Å². The highest BCUT2D eigenvalue weighted by molar-refractivity contribution is 5.41. The molecule has 0 aliphatic rings. The van der Waals surface area contributed by atoms with Crippen LogP contribution in [0.25, 0.3) is 0 Å². The number of aliphatic hydroxyl groups is 1. The number of rotatable bonds is 5. The van der Waals surface area contributed by atoms with E-state index in [1.165, 1.54) is 0 Å². The molecule has 0 aromatic heterocycles. The lowest BCUT2D eigenvalue weighted by molar-refractivity contribution is 0.0321. The molecule has 0 saturated heterocycles. The van der Waals surface area contributed by atoms with Crippen LogP contribution in [0.2, 0.25) is 0 Å². The van der Waals surface area contributed by atoms with Gasteiger partial charge in [0, 0.05) is 7.11 Å². The van der Waals surface area contributed by atoms with Crippen LogP contribution in [-0.4, -0.2) is 31.5 Å². The first-order valence-corrected chi connectivity index (χ1v) is 6.25. The molecule has 1 aromatic rings. The summed E-state index contributed by atoms with van der Waals surface area (Å²) in [6.07, 6.45) is -0.594. The van der Waals surface area contributed by atoms with E-state index < -0.39 is 6.10 Å². The van der Waals surface area contributed by atoms with E-state index in [0.29, 0.717) is 0 Å². The zero-order valence-corrected chi connectivity index (χ0v) is 12.0. The van der Waals surface area contributed by atoms with Gasteiger partial charge in [0.1, 0.15) is 18.5 Å². The summed E-state index contributed by atoms with van der Waals surface area (Å²) in [6.45, 7) is 9.02. The lowest BCUT2D eigenvalue weighted by atomic mass is 9.86. The topological polar surface area (TPSA) is 38.7 Å². The molecule has 0 aliphatic heterocycles. The number of aliphatic hydroxyl groups excluding tert-OH is 1. The largest absolute Gasteiger partial charge is 0.490 e. The average Bonchev–Trinajstić information content (AvgIpc) is 2.25.